The van der Waals surface area contributed by atoms with Crippen LogP contribution in [-0.2, 0) is 0 Å². The summed E-state index contributed by atoms with van der Waals surface area (Å²) in [6, 6.07) is 63.1. The average Bonchev–Trinajstić information content (AvgIpc) is 3.31. The minimum Gasteiger partial charge on any atom is -0.366 e. The second-order valence-electron chi connectivity index (χ2n) is 15.4. The van der Waals surface area contributed by atoms with Crippen molar-refractivity contribution in [3.05, 3.63) is 212 Å². The number of aromatic nitrogens is 1. The number of hydrogen-bond acceptors (Lipinski definition) is 4. The molecule has 0 saturated carbocycles. The van der Waals surface area contributed by atoms with Gasteiger partial charge in [0.05, 0.1) is 11.4 Å². The smallest absolute Gasteiger partial charge is 0.108 e. The van der Waals surface area contributed by atoms with Crippen LogP contribution in [0.1, 0.15) is 5.56 Å². The highest BCUT2D eigenvalue weighted by Crippen LogP contribution is 2.45. The van der Waals surface area contributed by atoms with Gasteiger partial charge in [0, 0.05) is 29.0 Å². The van der Waals surface area contributed by atoms with Crippen LogP contribution < -0.4 is 5.32 Å². The molecule has 1 aliphatic rings. The first-order valence-corrected chi connectivity index (χ1v) is 20.3. The summed E-state index contributed by atoms with van der Waals surface area (Å²) in [5.41, 5.74) is 11.1. The monoisotopic (exact) mass is 766 g/mol. The van der Waals surface area contributed by atoms with E-state index in [1.165, 1.54) is 70.7 Å². The minimum absolute atomic E-state index is 0.357. The van der Waals surface area contributed by atoms with Gasteiger partial charge >= 0.3 is 0 Å². The number of nitrogens with one attached hydrogen (secondary N) is 2. The quantitative estimate of drug-likeness (QED) is 0.125. The molecule has 4 nitrogen and oxygen atoms in total. The van der Waals surface area contributed by atoms with Gasteiger partial charge in [0.2, 0.25) is 0 Å². The molecule has 0 bridgehead atoms. The van der Waals surface area contributed by atoms with Gasteiger partial charge in [-0.3, -0.25) is 15.4 Å². The van der Waals surface area contributed by atoms with Gasteiger partial charge in [0.1, 0.15) is 6.67 Å². The van der Waals surface area contributed by atoms with E-state index in [0.29, 0.717) is 18.1 Å². The predicted octanol–water partition coefficient (Wildman–Crippen LogP) is 14.3. The zero-order valence-corrected chi connectivity index (χ0v) is 32.7. The minimum atomic E-state index is 0.357. The standard InChI is InChI=1S/C56H38N4/c57-53-32-42(24-28-54(53)60-35-59-46-25-21-38(22-26-46)52-34-58-33-45-13-5-6-14-47(45)52)41-23-27-50-51(31-41)56(44-20-18-37-10-2-4-12-40(37)30-44)49-16-8-7-15-48(49)55(50)43-19-17-36-9-1-3-11-39(36)29-43/h1-34,57,59H,35H2. The van der Waals surface area contributed by atoms with Gasteiger partial charge in [0.15, 0.2) is 0 Å². The summed E-state index contributed by atoms with van der Waals surface area (Å²) < 4.78 is 0. The maximum atomic E-state index is 9.04. The number of benzene rings is 9. The van der Waals surface area contributed by atoms with Gasteiger partial charge < -0.3 is 5.32 Å². The van der Waals surface area contributed by atoms with E-state index in [2.05, 4.69) is 186 Å². The fraction of sp³-hybridized carbons (Fsp3) is 0.0179. The third-order valence-corrected chi connectivity index (χ3v) is 11.8. The molecule has 0 spiro atoms. The number of nitrogens with zero attached hydrogens (tertiary/aromatic N) is 2. The van der Waals surface area contributed by atoms with Crippen LogP contribution in [0.15, 0.2) is 212 Å². The average molecular weight is 767 g/mol. The van der Waals surface area contributed by atoms with Gasteiger partial charge in [-0.2, -0.15) is 0 Å². The Morgan fingerprint density at radius 1 is 0.450 bits per heavy atom. The topological polar surface area (TPSA) is 61.1 Å². The molecule has 282 valence electrons. The molecule has 0 saturated heterocycles. The van der Waals surface area contributed by atoms with Crippen molar-refractivity contribution in [2.75, 3.05) is 12.0 Å². The number of anilines is 1. The lowest BCUT2D eigenvalue weighted by atomic mass is 9.84. The van der Waals surface area contributed by atoms with Crippen molar-refractivity contribution < 1.29 is 0 Å². The fourth-order valence-corrected chi connectivity index (χ4v) is 8.85. The van der Waals surface area contributed by atoms with Crippen LogP contribution in [0.2, 0.25) is 0 Å². The molecule has 4 heteroatoms. The molecule has 11 rings (SSSR count). The summed E-state index contributed by atoms with van der Waals surface area (Å²) in [6.45, 7) is 0.357. The Kier molecular flexibility index (Phi) is 8.67. The zero-order chi connectivity index (χ0) is 40.0. The van der Waals surface area contributed by atoms with E-state index < -0.39 is 0 Å². The lowest BCUT2D eigenvalue weighted by molar-refractivity contribution is 1.14. The molecule has 0 amide bonds. The molecule has 0 fully saturated rings. The van der Waals surface area contributed by atoms with E-state index in [1.807, 2.05) is 30.6 Å². The molecule has 10 aromatic rings. The SMILES string of the molecule is N=C1C=C(c2ccc3c(-c4ccc5ccccc5c4)c4ccccc4c(-c4ccc5ccccc5c4)c3c2)C=CC1=NCNc1ccc(-c2cncc3ccccc23)cc1. The van der Waals surface area contributed by atoms with Gasteiger partial charge in [0.25, 0.3) is 0 Å². The highest BCUT2D eigenvalue weighted by atomic mass is 15.0. The molecule has 0 unspecified atom stereocenters. The maximum Gasteiger partial charge on any atom is 0.108 e. The van der Waals surface area contributed by atoms with Crippen molar-refractivity contribution in [3.8, 4) is 33.4 Å². The normalized spacial score (nSPS) is 13.5. The number of rotatable bonds is 7. The van der Waals surface area contributed by atoms with Crippen LogP contribution in [0.4, 0.5) is 5.69 Å². The molecule has 60 heavy (non-hydrogen) atoms. The highest BCUT2D eigenvalue weighted by molar-refractivity contribution is 6.51. The fourth-order valence-electron chi connectivity index (χ4n) is 8.85. The molecule has 1 aliphatic carbocycles. The van der Waals surface area contributed by atoms with Crippen molar-refractivity contribution in [1.82, 2.24) is 4.98 Å². The van der Waals surface area contributed by atoms with E-state index in [1.54, 1.807) is 0 Å². The highest BCUT2D eigenvalue weighted by Gasteiger charge is 2.19. The molecular weight excluding hydrogens is 729 g/mol. The van der Waals surface area contributed by atoms with Crippen molar-refractivity contribution in [1.29, 1.82) is 5.41 Å². The van der Waals surface area contributed by atoms with E-state index in [-0.39, 0.29) is 0 Å². The summed E-state index contributed by atoms with van der Waals surface area (Å²) in [5, 5.41) is 24.5. The number of allylic oxidation sites excluding steroid dienone is 4. The molecule has 0 atom stereocenters. The molecule has 0 radical (unpaired) electrons. The van der Waals surface area contributed by atoms with E-state index >= 15 is 0 Å². The number of hydrogen-bond donors (Lipinski definition) is 2. The third-order valence-electron chi connectivity index (χ3n) is 11.8. The Morgan fingerprint density at radius 3 is 1.67 bits per heavy atom. The molecule has 0 aliphatic heterocycles. The number of fused-ring (bicyclic) bond motifs is 5. The van der Waals surface area contributed by atoms with Crippen LogP contribution in [0.3, 0.4) is 0 Å². The number of pyridine rings is 1. The van der Waals surface area contributed by atoms with Crippen molar-refractivity contribution in [2.45, 2.75) is 0 Å². The van der Waals surface area contributed by atoms with Gasteiger partial charge in [-0.25, -0.2) is 0 Å². The van der Waals surface area contributed by atoms with Gasteiger partial charge in [-0.15, -0.1) is 0 Å². The summed E-state index contributed by atoms with van der Waals surface area (Å²) >= 11 is 0. The van der Waals surface area contributed by atoms with Crippen LogP contribution in [-0.4, -0.2) is 23.1 Å². The molecular formula is C56H38N4. The van der Waals surface area contributed by atoms with Crippen molar-refractivity contribution >= 4 is 76.5 Å². The third kappa shape index (κ3) is 6.32. The number of aliphatic imine (C=N–C) groups is 1. The Balaban J connectivity index is 0.940. The summed E-state index contributed by atoms with van der Waals surface area (Å²) in [4.78, 5) is 9.23. The first-order chi connectivity index (χ1) is 29.6. The largest absolute Gasteiger partial charge is 0.366 e. The lowest BCUT2D eigenvalue weighted by Crippen LogP contribution is -2.14. The summed E-state index contributed by atoms with van der Waals surface area (Å²) in [7, 11) is 0. The molecule has 2 N–H and O–H groups in total. The van der Waals surface area contributed by atoms with Gasteiger partial charge in [-0.05, 0) is 130 Å². The van der Waals surface area contributed by atoms with Crippen LogP contribution in [0.25, 0.3) is 92.8 Å². The molecule has 9 aromatic carbocycles. The van der Waals surface area contributed by atoms with E-state index in [4.69, 9.17) is 10.4 Å². The second-order valence-corrected chi connectivity index (χ2v) is 15.4. The van der Waals surface area contributed by atoms with Crippen LogP contribution in [0.5, 0.6) is 0 Å². The Bertz CT molecular complexity index is 3440. The predicted molar refractivity (Wildman–Crippen MR) is 255 cm³/mol. The summed E-state index contributed by atoms with van der Waals surface area (Å²) in [5.74, 6) is 0. The maximum absolute atomic E-state index is 9.04. The van der Waals surface area contributed by atoms with Crippen molar-refractivity contribution in [2.24, 2.45) is 4.99 Å². The summed E-state index contributed by atoms with van der Waals surface area (Å²) in [6.07, 6.45) is 9.82. The Morgan fingerprint density at radius 2 is 1.00 bits per heavy atom. The van der Waals surface area contributed by atoms with Crippen LogP contribution in [0, 0.1) is 5.41 Å². The zero-order valence-electron chi connectivity index (χ0n) is 32.7. The second kappa shape index (κ2) is 14.8. The first kappa shape index (κ1) is 35.2. The van der Waals surface area contributed by atoms with Crippen molar-refractivity contribution in [3.63, 3.8) is 0 Å². The lowest BCUT2D eigenvalue weighted by Gasteiger charge is -2.20. The first-order valence-electron chi connectivity index (χ1n) is 20.3. The molecule has 1 aromatic heterocycles. The Hall–Kier alpha value is -7.95. The van der Waals surface area contributed by atoms with E-state index in [0.717, 1.165) is 33.3 Å². The molecule has 1 heterocycles. The van der Waals surface area contributed by atoms with E-state index in [9.17, 15) is 0 Å². The van der Waals surface area contributed by atoms with Gasteiger partial charge in [-0.1, -0.05) is 152 Å². The van der Waals surface area contributed by atoms with Crippen LogP contribution >= 0.6 is 0 Å². The Labute approximate surface area is 348 Å².